The molecule has 198 valence electrons. The molecule has 1 unspecified atom stereocenters. The molecule has 2 rings (SSSR count). The van der Waals surface area contributed by atoms with Crippen molar-refractivity contribution in [2.24, 2.45) is 0 Å². The summed E-state index contributed by atoms with van der Waals surface area (Å²) in [5, 5.41) is 15.4. The highest BCUT2D eigenvalue weighted by Gasteiger charge is 2.38. The maximum Gasteiger partial charge on any atom is 0.490 e. The molecule has 1 heterocycles. The van der Waals surface area contributed by atoms with Crippen LogP contribution in [0.2, 0.25) is 0 Å². The lowest BCUT2D eigenvalue weighted by molar-refractivity contribution is -0.192. The van der Waals surface area contributed by atoms with Crippen molar-refractivity contribution in [3.63, 3.8) is 0 Å². The van der Waals surface area contributed by atoms with E-state index in [-0.39, 0.29) is 12.3 Å². The first-order chi connectivity index (χ1) is 16.3. The van der Waals surface area contributed by atoms with Crippen LogP contribution < -0.4 is 4.74 Å². The molecule has 0 saturated carbocycles. The first-order valence-electron chi connectivity index (χ1n) is 9.85. The molecular formula is C19H24F3N2O9S2-. The van der Waals surface area contributed by atoms with E-state index in [0.717, 1.165) is 13.1 Å². The average molecular weight is 546 g/mol. The van der Waals surface area contributed by atoms with Crippen LogP contribution in [0.1, 0.15) is 15.9 Å². The van der Waals surface area contributed by atoms with E-state index in [9.17, 15) is 31.5 Å². The molecule has 2 N–H and O–H groups in total. The van der Waals surface area contributed by atoms with Crippen molar-refractivity contribution < 1.29 is 56.0 Å². The van der Waals surface area contributed by atoms with Gasteiger partial charge in [-0.3, -0.25) is 18.7 Å². The number of alkyl halides is 3. The lowest BCUT2D eigenvalue weighted by Gasteiger charge is -2.31. The molecule has 0 bridgehead atoms. The van der Waals surface area contributed by atoms with E-state index < -0.39 is 34.5 Å². The highest BCUT2D eigenvalue weighted by molar-refractivity contribution is 8.14. The van der Waals surface area contributed by atoms with Crippen LogP contribution in [0, 0.1) is 0 Å². The van der Waals surface area contributed by atoms with Gasteiger partial charge in [-0.05, 0) is 18.2 Å². The number of hydrogen-bond acceptors (Lipinski definition) is 9. The fourth-order valence-corrected chi connectivity index (χ4v) is 3.74. The second-order valence-corrected chi connectivity index (χ2v) is 8.73. The molecule has 1 aliphatic heterocycles. The van der Waals surface area contributed by atoms with Gasteiger partial charge >= 0.3 is 18.1 Å². The summed E-state index contributed by atoms with van der Waals surface area (Å²) in [5.41, 5.74) is 0.835. The second-order valence-electron chi connectivity index (χ2n) is 6.83. The maximum atomic E-state index is 12.2. The smallest absolute Gasteiger partial charge is 0.490 e. The average Bonchev–Trinajstić information content (AvgIpc) is 2.80. The zero-order chi connectivity index (χ0) is 26.6. The molecule has 0 amide bonds. The third kappa shape index (κ3) is 11.8. The minimum absolute atomic E-state index is 0.0499. The quantitative estimate of drug-likeness (QED) is 0.407. The Morgan fingerprint density at radius 1 is 1.26 bits per heavy atom. The lowest BCUT2D eigenvalue weighted by Crippen LogP contribution is -2.41. The van der Waals surface area contributed by atoms with E-state index in [4.69, 9.17) is 24.5 Å². The van der Waals surface area contributed by atoms with Gasteiger partial charge in [0.15, 0.2) is 0 Å². The summed E-state index contributed by atoms with van der Waals surface area (Å²) in [6.07, 6.45) is -5.08. The van der Waals surface area contributed by atoms with Gasteiger partial charge in [0, 0.05) is 55.1 Å². The monoisotopic (exact) mass is 545 g/mol. The molecule has 1 aliphatic rings. The van der Waals surface area contributed by atoms with Crippen molar-refractivity contribution in [1.29, 1.82) is 0 Å². The molecule has 16 heteroatoms. The maximum absolute atomic E-state index is 12.2. The van der Waals surface area contributed by atoms with Crippen LogP contribution in [0.5, 0.6) is 5.75 Å². The van der Waals surface area contributed by atoms with E-state index in [0.29, 0.717) is 54.9 Å². The summed E-state index contributed by atoms with van der Waals surface area (Å²) in [6.45, 7) is 3.70. The molecule has 11 nitrogen and oxygen atoms in total. The number of carboxylic acids is 2. The standard InChI is InChI=1S/C17H24N2O7S2.C2HF3O2/c1-25-15-3-2-13(17(22)27-12-16(20)21)10-14(15)11-19(28(23)24)5-4-18-6-8-26-9-7-18;3-2(4,5)1(6)7/h2-3,10H,4-9,11-12H2,1H3,(H,20,21)(H,23,24);(H,6,7)/p-1. The van der Waals surface area contributed by atoms with Gasteiger partial charge in [-0.1, -0.05) is 11.8 Å². The van der Waals surface area contributed by atoms with Crippen LogP contribution in [0.15, 0.2) is 18.2 Å². The van der Waals surface area contributed by atoms with Crippen molar-refractivity contribution >= 4 is 40.1 Å². The second kappa shape index (κ2) is 15.0. The van der Waals surface area contributed by atoms with Gasteiger partial charge in [-0.25, -0.2) is 9.10 Å². The molecule has 1 aromatic rings. The molecule has 0 aromatic heterocycles. The van der Waals surface area contributed by atoms with Crippen LogP contribution in [0.25, 0.3) is 0 Å². The van der Waals surface area contributed by atoms with E-state index >= 15 is 0 Å². The number of rotatable bonds is 10. The van der Waals surface area contributed by atoms with Crippen LogP contribution in [0.3, 0.4) is 0 Å². The van der Waals surface area contributed by atoms with Gasteiger partial charge in [0.1, 0.15) is 5.75 Å². The number of carboxylic acid groups (broad SMARTS) is 2. The minimum atomic E-state index is -5.08. The first kappa shape index (κ1) is 30.8. The lowest BCUT2D eigenvalue weighted by atomic mass is 10.1. The SMILES string of the molecule is COc1ccc(C(=O)SCC(=O)O)cc1CN(CCN1CCOCC1)S(=O)[O-].O=C(O)C(F)(F)F. The Labute approximate surface area is 205 Å². The number of halogens is 3. The summed E-state index contributed by atoms with van der Waals surface area (Å²) in [4.78, 5) is 33.8. The molecule has 1 saturated heterocycles. The van der Waals surface area contributed by atoms with Crippen LogP contribution in [-0.4, -0.2) is 104 Å². The number of aliphatic carboxylic acids is 2. The number of methoxy groups -OCH3 is 1. The van der Waals surface area contributed by atoms with Crippen molar-refractivity contribution in [3.05, 3.63) is 29.3 Å². The molecule has 1 atom stereocenters. The number of thioether (sulfide) groups is 1. The summed E-state index contributed by atoms with van der Waals surface area (Å²) < 4.78 is 66.9. The third-order valence-electron chi connectivity index (χ3n) is 4.41. The van der Waals surface area contributed by atoms with Gasteiger partial charge in [0.2, 0.25) is 5.12 Å². The van der Waals surface area contributed by atoms with E-state index in [1.807, 2.05) is 0 Å². The number of carbonyl (C=O) groups is 3. The van der Waals surface area contributed by atoms with E-state index in [1.165, 1.54) is 17.5 Å². The van der Waals surface area contributed by atoms with E-state index in [1.54, 1.807) is 12.1 Å². The summed E-state index contributed by atoms with van der Waals surface area (Å²) in [6, 6.07) is 4.66. The van der Waals surface area contributed by atoms with Crippen LogP contribution in [0.4, 0.5) is 13.2 Å². The van der Waals surface area contributed by atoms with Gasteiger partial charge in [-0.15, -0.1) is 0 Å². The summed E-state index contributed by atoms with van der Waals surface area (Å²) in [5.74, 6) is -3.71. The van der Waals surface area contributed by atoms with Gasteiger partial charge in [0.05, 0.1) is 26.1 Å². The predicted molar refractivity (Wildman–Crippen MR) is 118 cm³/mol. The first-order valence-corrected chi connectivity index (χ1v) is 11.9. The Morgan fingerprint density at radius 3 is 2.34 bits per heavy atom. The Balaban J connectivity index is 0.000000762. The molecule has 35 heavy (non-hydrogen) atoms. The molecule has 1 aromatic carbocycles. The number of nitrogens with zero attached hydrogens (tertiary/aromatic N) is 2. The summed E-state index contributed by atoms with van der Waals surface area (Å²) >= 11 is -1.76. The Hall–Kier alpha value is -2.24. The van der Waals surface area contributed by atoms with Crippen molar-refractivity contribution in [2.75, 3.05) is 52.3 Å². The fourth-order valence-electron chi connectivity index (χ4n) is 2.71. The Bertz CT molecular complexity index is 897. The van der Waals surface area contributed by atoms with Crippen molar-refractivity contribution in [3.8, 4) is 5.75 Å². The number of hydrogen-bond donors (Lipinski definition) is 2. The zero-order valence-corrected chi connectivity index (χ0v) is 20.1. The molecule has 0 spiro atoms. The van der Waals surface area contributed by atoms with Gasteiger partial charge < -0.3 is 24.2 Å². The molecule has 0 radical (unpaired) electrons. The number of morpholine rings is 1. The normalized spacial score (nSPS) is 15.1. The molecule has 0 aliphatic carbocycles. The molecular weight excluding hydrogens is 521 g/mol. The Morgan fingerprint density at radius 2 is 1.86 bits per heavy atom. The zero-order valence-electron chi connectivity index (χ0n) is 18.5. The van der Waals surface area contributed by atoms with Gasteiger partial charge in [-0.2, -0.15) is 13.2 Å². The minimum Gasteiger partial charge on any atom is -0.760 e. The third-order valence-corrected chi connectivity index (χ3v) is 6.03. The highest BCUT2D eigenvalue weighted by atomic mass is 32.2. The van der Waals surface area contributed by atoms with Gasteiger partial charge in [0.25, 0.3) is 0 Å². The van der Waals surface area contributed by atoms with Crippen LogP contribution in [-0.2, 0) is 32.1 Å². The predicted octanol–water partition coefficient (Wildman–Crippen LogP) is 1.21. The summed E-state index contributed by atoms with van der Waals surface area (Å²) in [7, 11) is 1.46. The fraction of sp³-hybridized carbons (Fsp3) is 0.526. The number of carbonyl (C=O) groups excluding carboxylic acids is 1. The molecule has 1 fully saturated rings. The Kier molecular flexibility index (Phi) is 13.2. The van der Waals surface area contributed by atoms with E-state index in [2.05, 4.69) is 4.90 Å². The topological polar surface area (TPSA) is 157 Å². The number of benzene rings is 1. The van der Waals surface area contributed by atoms with Crippen LogP contribution >= 0.6 is 11.8 Å². The highest BCUT2D eigenvalue weighted by Crippen LogP contribution is 2.24. The van der Waals surface area contributed by atoms with Crippen molar-refractivity contribution in [2.45, 2.75) is 12.7 Å². The number of ether oxygens (including phenoxy) is 2. The van der Waals surface area contributed by atoms with Crippen molar-refractivity contribution in [1.82, 2.24) is 9.21 Å². The largest absolute Gasteiger partial charge is 0.760 e.